The quantitative estimate of drug-likeness (QED) is 0.870. The van der Waals surface area contributed by atoms with Crippen LogP contribution in [0.25, 0.3) is 0 Å². The van der Waals surface area contributed by atoms with Gasteiger partial charge in [0.15, 0.2) is 0 Å². The molecular formula is C15H19ClN2S. The Bertz CT molecular complexity index is 519. The van der Waals surface area contributed by atoms with Crippen LogP contribution in [0.3, 0.4) is 0 Å². The summed E-state index contributed by atoms with van der Waals surface area (Å²) in [6, 6.07) is 8.13. The van der Waals surface area contributed by atoms with Gasteiger partial charge in [0.25, 0.3) is 0 Å². The Morgan fingerprint density at radius 2 is 1.95 bits per heavy atom. The van der Waals surface area contributed by atoms with E-state index in [4.69, 9.17) is 16.6 Å². The van der Waals surface area contributed by atoms with Crippen molar-refractivity contribution in [2.24, 2.45) is 0 Å². The Kier molecular flexibility index (Phi) is 4.97. The number of hydrogen-bond donors (Lipinski definition) is 1. The summed E-state index contributed by atoms with van der Waals surface area (Å²) in [5.41, 5.74) is 2.37. The molecule has 0 saturated carbocycles. The average molecular weight is 295 g/mol. The first-order valence-corrected chi connectivity index (χ1v) is 7.81. The first kappa shape index (κ1) is 14.5. The monoisotopic (exact) mass is 294 g/mol. The summed E-state index contributed by atoms with van der Waals surface area (Å²) in [6.07, 6.45) is 0. The summed E-state index contributed by atoms with van der Waals surface area (Å²) in [5, 5.41) is 7.53. The molecule has 1 atom stereocenters. The fourth-order valence-electron chi connectivity index (χ4n) is 1.91. The molecule has 0 amide bonds. The second-order valence-electron chi connectivity index (χ2n) is 4.81. The third-order valence-electron chi connectivity index (χ3n) is 2.99. The second kappa shape index (κ2) is 6.51. The van der Waals surface area contributed by atoms with Crippen LogP contribution in [0.2, 0.25) is 5.02 Å². The van der Waals surface area contributed by atoms with Crippen molar-refractivity contribution in [3.8, 4) is 0 Å². The number of rotatable bonds is 5. The smallest absolute Gasteiger partial charge is 0.114 e. The van der Waals surface area contributed by atoms with E-state index in [2.05, 4.69) is 43.6 Å². The van der Waals surface area contributed by atoms with Gasteiger partial charge in [-0.15, -0.1) is 11.3 Å². The number of halogens is 1. The van der Waals surface area contributed by atoms with E-state index < -0.39 is 0 Å². The molecular weight excluding hydrogens is 276 g/mol. The zero-order chi connectivity index (χ0) is 13.8. The number of thiazole rings is 1. The third-order valence-corrected chi connectivity index (χ3v) is 4.17. The lowest BCUT2D eigenvalue weighted by molar-refractivity contribution is 0.623. The molecule has 0 aliphatic carbocycles. The van der Waals surface area contributed by atoms with Crippen molar-refractivity contribution in [2.45, 2.75) is 32.7 Å². The molecule has 2 rings (SSSR count). The van der Waals surface area contributed by atoms with Crippen LogP contribution >= 0.6 is 22.9 Å². The van der Waals surface area contributed by atoms with Gasteiger partial charge >= 0.3 is 0 Å². The fraction of sp³-hybridized carbons (Fsp3) is 0.400. The van der Waals surface area contributed by atoms with Gasteiger partial charge in [-0.05, 0) is 30.2 Å². The lowest BCUT2D eigenvalue weighted by atomic mass is 10.1. The Labute approximate surface area is 123 Å². The van der Waals surface area contributed by atoms with Gasteiger partial charge in [-0.2, -0.15) is 0 Å². The first-order valence-electron chi connectivity index (χ1n) is 6.56. The minimum Gasteiger partial charge on any atom is -0.305 e. The van der Waals surface area contributed by atoms with E-state index in [1.54, 1.807) is 11.3 Å². The lowest BCUT2D eigenvalue weighted by Gasteiger charge is -2.16. The van der Waals surface area contributed by atoms with E-state index in [1.807, 2.05) is 12.1 Å². The van der Waals surface area contributed by atoms with Crippen molar-refractivity contribution in [1.29, 1.82) is 0 Å². The molecule has 0 radical (unpaired) electrons. The molecule has 0 aliphatic heterocycles. The number of nitrogens with zero attached hydrogens (tertiary/aromatic N) is 1. The van der Waals surface area contributed by atoms with Gasteiger partial charge in [-0.1, -0.05) is 44.5 Å². The molecule has 0 fully saturated rings. The maximum absolute atomic E-state index is 5.95. The van der Waals surface area contributed by atoms with Crippen molar-refractivity contribution >= 4 is 22.9 Å². The molecule has 0 spiro atoms. The van der Waals surface area contributed by atoms with Gasteiger partial charge < -0.3 is 5.32 Å². The highest BCUT2D eigenvalue weighted by atomic mass is 35.5. The number of hydrogen-bond acceptors (Lipinski definition) is 3. The molecule has 1 unspecified atom stereocenters. The van der Waals surface area contributed by atoms with Crippen LogP contribution in [0.1, 0.15) is 49.0 Å². The van der Waals surface area contributed by atoms with Crippen molar-refractivity contribution in [1.82, 2.24) is 10.3 Å². The van der Waals surface area contributed by atoms with Gasteiger partial charge in [0, 0.05) is 10.4 Å². The third kappa shape index (κ3) is 3.56. The molecule has 0 saturated heterocycles. The van der Waals surface area contributed by atoms with Crippen molar-refractivity contribution in [3.05, 3.63) is 50.9 Å². The number of nitrogens with one attached hydrogen (secondary N) is 1. The number of aromatic nitrogens is 1. The van der Waals surface area contributed by atoms with Gasteiger partial charge in [0.2, 0.25) is 0 Å². The van der Waals surface area contributed by atoms with E-state index in [0.717, 1.165) is 22.3 Å². The summed E-state index contributed by atoms with van der Waals surface area (Å²) >= 11 is 7.67. The van der Waals surface area contributed by atoms with Crippen molar-refractivity contribution < 1.29 is 0 Å². The van der Waals surface area contributed by atoms with Crippen LogP contribution in [-0.4, -0.2) is 11.5 Å². The minimum absolute atomic E-state index is 0.153. The molecule has 4 heteroatoms. The molecule has 19 heavy (non-hydrogen) atoms. The van der Waals surface area contributed by atoms with E-state index in [1.165, 1.54) is 5.56 Å². The van der Waals surface area contributed by atoms with Gasteiger partial charge in [-0.25, -0.2) is 4.98 Å². The first-order chi connectivity index (χ1) is 9.11. The molecule has 1 aromatic carbocycles. The maximum atomic E-state index is 5.95. The molecule has 1 aromatic heterocycles. The molecule has 1 heterocycles. The molecule has 102 valence electrons. The highest BCUT2D eigenvalue weighted by Gasteiger charge is 2.17. The molecule has 0 bridgehead atoms. The average Bonchev–Trinajstić information content (AvgIpc) is 2.87. The SMILES string of the molecule is CCNC(c1ccc(Cl)cc1)c1nc(C(C)C)cs1. The van der Waals surface area contributed by atoms with E-state index in [0.29, 0.717) is 5.92 Å². The van der Waals surface area contributed by atoms with E-state index >= 15 is 0 Å². The van der Waals surface area contributed by atoms with Gasteiger partial charge in [0.1, 0.15) is 5.01 Å². The highest BCUT2D eigenvalue weighted by molar-refractivity contribution is 7.09. The fourth-order valence-corrected chi connectivity index (χ4v) is 3.11. The molecule has 2 nitrogen and oxygen atoms in total. The summed E-state index contributed by atoms with van der Waals surface area (Å²) in [6.45, 7) is 7.36. The summed E-state index contributed by atoms with van der Waals surface area (Å²) in [7, 11) is 0. The van der Waals surface area contributed by atoms with Crippen LogP contribution in [0.15, 0.2) is 29.6 Å². The van der Waals surface area contributed by atoms with Crippen LogP contribution in [-0.2, 0) is 0 Å². The van der Waals surface area contributed by atoms with Crippen molar-refractivity contribution in [2.75, 3.05) is 6.54 Å². The van der Waals surface area contributed by atoms with E-state index in [9.17, 15) is 0 Å². The molecule has 2 aromatic rings. The van der Waals surface area contributed by atoms with Crippen molar-refractivity contribution in [3.63, 3.8) is 0 Å². The Morgan fingerprint density at radius 3 is 2.47 bits per heavy atom. The minimum atomic E-state index is 0.153. The Balaban J connectivity index is 2.30. The number of benzene rings is 1. The Morgan fingerprint density at radius 1 is 1.26 bits per heavy atom. The standard InChI is InChI=1S/C15H19ClN2S/c1-4-17-14(11-5-7-12(16)8-6-11)15-18-13(9-19-15)10(2)3/h5-10,14,17H,4H2,1-3H3. The largest absolute Gasteiger partial charge is 0.305 e. The highest BCUT2D eigenvalue weighted by Crippen LogP contribution is 2.28. The van der Waals surface area contributed by atoms with Gasteiger partial charge in [-0.3, -0.25) is 0 Å². The lowest BCUT2D eigenvalue weighted by Crippen LogP contribution is -2.21. The summed E-state index contributed by atoms with van der Waals surface area (Å²) in [5.74, 6) is 0.470. The van der Waals surface area contributed by atoms with Crippen LogP contribution < -0.4 is 5.32 Å². The second-order valence-corrected chi connectivity index (χ2v) is 6.13. The van der Waals surface area contributed by atoms with E-state index in [-0.39, 0.29) is 6.04 Å². The van der Waals surface area contributed by atoms with Gasteiger partial charge in [0.05, 0.1) is 11.7 Å². The molecule has 0 aliphatic rings. The van der Waals surface area contributed by atoms with Crippen LogP contribution in [0.4, 0.5) is 0 Å². The van der Waals surface area contributed by atoms with Crippen LogP contribution in [0.5, 0.6) is 0 Å². The zero-order valence-corrected chi connectivity index (χ0v) is 13.1. The zero-order valence-electron chi connectivity index (χ0n) is 11.5. The predicted molar refractivity (Wildman–Crippen MR) is 83.2 cm³/mol. The molecule has 1 N–H and O–H groups in total. The summed E-state index contributed by atoms with van der Waals surface area (Å²) < 4.78 is 0. The maximum Gasteiger partial charge on any atom is 0.114 e. The predicted octanol–water partition coefficient (Wildman–Crippen LogP) is 4.62. The topological polar surface area (TPSA) is 24.9 Å². The van der Waals surface area contributed by atoms with Crippen LogP contribution in [0, 0.1) is 0 Å². The normalized spacial score (nSPS) is 12.9. The summed E-state index contributed by atoms with van der Waals surface area (Å²) in [4.78, 5) is 4.75. The Hall–Kier alpha value is -0.900.